The van der Waals surface area contributed by atoms with Crippen LogP contribution in [0.25, 0.3) is 0 Å². The summed E-state index contributed by atoms with van der Waals surface area (Å²) < 4.78 is 5.87. The maximum atomic E-state index is 6.03. The Kier molecular flexibility index (Phi) is 5.32. The van der Waals surface area contributed by atoms with E-state index in [0.717, 1.165) is 19.2 Å². The van der Waals surface area contributed by atoms with Gasteiger partial charge in [0.05, 0.1) is 6.10 Å². The smallest absolute Gasteiger partial charge is 0.0743 e. The Morgan fingerprint density at radius 3 is 2.30 bits per heavy atom. The Balaban J connectivity index is 1.49. The third-order valence-corrected chi connectivity index (χ3v) is 5.51. The number of rotatable bonds is 4. The van der Waals surface area contributed by atoms with Crippen molar-refractivity contribution in [2.45, 2.75) is 63.1 Å². The van der Waals surface area contributed by atoms with E-state index in [4.69, 9.17) is 10.5 Å². The quantitative estimate of drug-likeness (QED) is 0.847. The minimum absolute atomic E-state index is 0.395. The molecule has 2 unspecified atom stereocenters. The SMILES string of the molecule is NCC(C1CCCO1)N1CCC(N2CCCCC2)CC1. The molecular weight excluding hydrogens is 250 g/mol. The van der Waals surface area contributed by atoms with Gasteiger partial charge in [0, 0.05) is 38.3 Å². The number of nitrogens with two attached hydrogens (primary N) is 1. The van der Waals surface area contributed by atoms with Gasteiger partial charge in [-0.05, 0) is 51.6 Å². The number of nitrogens with zero attached hydrogens (tertiary/aromatic N) is 2. The highest BCUT2D eigenvalue weighted by molar-refractivity contribution is 4.89. The molecule has 20 heavy (non-hydrogen) atoms. The minimum atomic E-state index is 0.395. The van der Waals surface area contributed by atoms with Crippen LogP contribution in [-0.4, -0.2) is 67.3 Å². The van der Waals surface area contributed by atoms with Gasteiger partial charge < -0.3 is 15.4 Å². The summed E-state index contributed by atoms with van der Waals surface area (Å²) >= 11 is 0. The Bertz CT molecular complexity index is 279. The molecule has 3 aliphatic heterocycles. The van der Waals surface area contributed by atoms with E-state index in [1.165, 1.54) is 71.1 Å². The zero-order valence-corrected chi connectivity index (χ0v) is 12.8. The first kappa shape index (κ1) is 14.8. The van der Waals surface area contributed by atoms with Crippen LogP contribution in [-0.2, 0) is 4.74 Å². The van der Waals surface area contributed by atoms with Crippen LogP contribution in [0.15, 0.2) is 0 Å². The van der Waals surface area contributed by atoms with Crippen molar-refractivity contribution in [2.24, 2.45) is 5.73 Å². The minimum Gasteiger partial charge on any atom is -0.377 e. The van der Waals surface area contributed by atoms with Gasteiger partial charge >= 0.3 is 0 Å². The number of hydrogen-bond acceptors (Lipinski definition) is 4. The van der Waals surface area contributed by atoms with Gasteiger partial charge in [-0.15, -0.1) is 0 Å². The first-order valence-electron chi connectivity index (χ1n) is 8.68. The Hall–Kier alpha value is -0.160. The molecule has 116 valence electrons. The van der Waals surface area contributed by atoms with E-state index in [2.05, 4.69) is 9.80 Å². The summed E-state index contributed by atoms with van der Waals surface area (Å²) in [6, 6.07) is 1.29. The second-order valence-electron chi connectivity index (χ2n) is 6.72. The fourth-order valence-electron chi connectivity index (χ4n) is 4.31. The molecular formula is C16H31N3O. The van der Waals surface area contributed by atoms with Crippen molar-refractivity contribution in [1.82, 2.24) is 9.80 Å². The molecule has 4 heteroatoms. The zero-order valence-electron chi connectivity index (χ0n) is 12.8. The number of piperidine rings is 2. The highest BCUT2D eigenvalue weighted by Crippen LogP contribution is 2.25. The van der Waals surface area contributed by atoms with Crippen LogP contribution >= 0.6 is 0 Å². The van der Waals surface area contributed by atoms with Crippen LogP contribution in [0.4, 0.5) is 0 Å². The molecule has 0 aromatic carbocycles. The topological polar surface area (TPSA) is 41.7 Å². The largest absolute Gasteiger partial charge is 0.377 e. The molecule has 0 amide bonds. The number of hydrogen-bond donors (Lipinski definition) is 1. The summed E-state index contributed by atoms with van der Waals surface area (Å²) in [7, 11) is 0. The average molecular weight is 281 g/mol. The molecule has 2 N–H and O–H groups in total. The van der Waals surface area contributed by atoms with Gasteiger partial charge in [0.15, 0.2) is 0 Å². The highest BCUT2D eigenvalue weighted by Gasteiger charge is 2.33. The Morgan fingerprint density at radius 2 is 1.70 bits per heavy atom. The van der Waals surface area contributed by atoms with Gasteiger partial charge in [-0.3, -0.25) is 4.90 Å². The van der Waals surface area contributed by atoms with Crippen LogP contribution in [0, 0.1) is 0 Å². The molecule has 0 bridgehead atoms. The predicted octanol–water partition coefficient (Wildman–Crippen LogP) is 1.44. The van der Waals surface area contributed by atoms with E-state index in [1.807, 2.05) is 0 Å². The van der Waals surface area contributed by atoms with Crippen molar-refractivity contribution in [2.75, 3.05) is 39.3 Å². The molecule has 3 heterocycles. The molecule has 4 nitrogen and oxygen atoms in total. The maximum absolute atomic E-state index is 6.03. The summed E-state index contributed by atoms with van der Waals surface area (Å²) in [5.41, 5.74) is 6.03. The lowest BCUT2D eigenvalue weighted by Gasteiger charge is -2.43. The molecule has 3 rings (SSSR count). The van der Waals surface area contributed by atoms with E-state index in [9.17, 15) is 0 Å². The monoisotopic (exact) mass is 281 g/mol. The van der Waals surface area contributed by atoms with Crippen LogP contribution in [0.2, 0.25) is 0 Å². The van der Waals surface area contributed by atoms with Gasteiger partial charge in [0.2, 0.25) is 0 Å². The lowest BCUT2D eigenvalue weighted by molar-refractivity contribution is 0.00359. The summed E-state index contributed by atoms with van der Waals surface area (Å²) in [5.74, 6) is 0. The fourth-order valence-corrected chi connectivity index (χ4v) is 4.31. The van der Waals surface area contributed by atoms with Crippen LogP contribution in [0.5, 0.6) is 0 Å². The summed E-state index contributed by atoms with van der Waals surface area (Å²) in [4.78, 5) is 5.35. The van der Waals surface area contributed by atoms with Crippen molar-refractivity contribution >= 4 is 0 Å². The third kappa shape index (κ3) is 3.35. The van der Waals surface area contributed by atoms with E-state index in [-0.39, 0.29) is 0 Å². The van der Waals surface area contributed by atoms with Crippen molar-refractivity contribution in [3.05, 3.63) is 0 Å². The highest BCUT2D eigenvalue weighted by atomic mass is 16.5. The van der Waals surface area contributed by atoms with Crippen molar-refractivity contribution in [3.63, 3.8) is 0 Å². The normalized spacial score (nSPS) is 32.5. The number of likely N-dealkylation sites (tertiary alicyclic amines) is 2. The molecule has 3 saturated heterocycles. The van der Waals surface area contributed by atoms with E-state index >= 15 is 0 Å². The van der Waals surface area contributed by atoms with Crippen molar-refractivity contribution in [3.8, 4) is 0 Å². The van der Waals surface area contributed by atoms with E-state index < -0.39 is 0 Å². The van der Waals surface area contributed by atoms with Gasteiger partial charge in [-0.2, -0.15) is 0 Å². The Labute approximate surface area is 123 Å². The first-order valence-corrected chi connectivity index (χ1v) is 8.68. The lowest BCUT2D eigenvalue weighted by Crippen LogP contribution is -2.54. The average Bonchev–Trinajstić information content (AvgIpc) is 3.04. The lowest BCUT2D eigenvalue weighted by atomic mass is 9.97. The van der Waals surface area contributed by atoms with Crippen molar-refractivity contribution in [1.29, 1.82) is 0 Å². The Morgan fingerprint density at radius 1 is 0.950 bits per heavy atom. The van der Waals surface area contributed by atoms with Crippen LogP contribution in [0.3, 0.4) is 0 Å². The molecule has 0 saturated carbocycles. The molecule has 0 radical (unpaired) electrons. The molecule has 0 aliphatic carbocycles. The van der Waals surface area contributed by atoms with E-state index in [0.29, 0.717) is 12.1 Å². The van der Waals surface area contributed by atoms with Gasteiger partial charge in [0.1, 0.15) is 0 Å². The number of ether oxygens (including phenoxy) is 1. The molecule has 3 fully saturated rings. The second kappa shape index (κ2) is 7.21. The second-order valence-corrected chi connectivity index (χ2v) is 6.72. The molecule has 0 aromatic heterocycles. The third-order valence-electron chi connectivity index (χ3n) is 5.51. The standard InChI is InChI=1S/C16H31N3O/c17-13-15(16-5-4-12-20-16)19-10-6-14(7-11-19)18-8-2-1-3-9-18/h14-16H,1-13,17H2. The van der Waals surface area contributed by atoms with E-state index in [1.54, 1.807) is 0 Å². The molecule has 2 atom stereocenters. The van der Waals surface area contributed by atoms with Gasteiger partial charge in [0.25, 0.3) is 0 Å². The molecule has 3 aliphatic rings. The van der Waals surface area contributed by atoms with Crippen LogP contribution < -0.4 is 5.73 Å². The summed E-state index contributed by atoms with van der Waals surface area (Å²) in [6.07, 6.45) is 9.70. The zero-order chi connectivity index (χ0) is 13.8. The fraction of sp³-hybridized carbons (Fsp3) is 1.00. The van der Waals surface area contributed by atoms with Crippen molar-refractivity contribution < 1.29 is 4.74 Å². The van der Waals surface area contributed by atoms with Crippen LogP contribution in [0.1, 0.15) is 44.9 Å². The van der Waals surface area contributed by atoms with Gasteiger partial charge in [-0.1, -0.05) is 6.42 Å². The first-order chi connectivity index (χ1) is 9.88. The molecule has 0 spiro atoms. The predicted molar refractivity (Wildman–Crippen MR) is 81.8 cm³/mol. The molecule has 0 aromatic rings. The summed E-state index contributed by atoms with van der Waals surface area (Å²) in [6.45, 7) is 6.77. The summed E-state index contributed by atoms with van der Waals surface area (Å²) in [5, 5.41) is 0. The van der Waals surface area contributed by atoms with Gasteiger partial charge in [-0.25, -0.2) is 0 Å². The maximum Gasteiger partial charge on any atom is 0.0743 e.